The first-order valence-electron chi connectivity index (χ1n) is 16.0. The van der Waals surface area contributed by atoms with Crippen LogP contribution < -0.4 is 0 Å². The number of hydrogen-bond acceptors (Lipinski definition) is 3. The summed E-state index contributed by atoms with van der Waals surface area (Å²) in [6.07, 6.45) is 35.0. The summed E-state index contributed by atoms with van der Waals surface area (Å²) in [5, 5.41) is 0. The number of unbranched alkanes of at least 4 members (excludes halogenated alkanes) is 25. The zero-order chi connectivity index (χ0) is 25.7. The average molecular weight is 525 g/mol. The molecule has 0 aliphatic heterocycles. The molecule has 0 fully saturated rings. The minimum atomic E-state index is -3.31. The van der Waals surface area contributed by atoms with Gasteiger partial charge in [0.1, 0.15) is 0 Å². The molecule has 0 rings (SSSR count). The van der Waals surface area contributed by atoms with E-state index in [9.17, 15) is 8.42 Å². The fraction of sp³-hybridized carbons (Fsp3) is 1.00. The summed E-state index contributed by atoms with van der Waals surface area (Å²) < 4.78 is 29.1. The molecule has 0 N–H and O–H groups in total. The molecule has 0 aromatic heterocycles. The molecule has 0 saturated heterocycles. The maximum atomic E-state index is 12.0. The molecule has 0 saturated carbocycles. The van der Waals surface area contributed by atoms with Crippen LogP contribution in [0.3, 0.4) is 0 Å². The summed E-state index contributed by atoms with van der Waals surface area (Å²) >= 11 is 0. The van der Waals surface area contributed by atoms with Crippen LogP contribution in [0.4, 0.5) is 0 Å². The van der Waals surface area contributed by atoms with Crippen molar-refractivity contribution in [3.8, 4) is 0 Å². The van der Waals surface area contributed by atoms with Crippen LogP contribution in [0.25, 0.3) is 0 Å². The van der Waals surface area contributed by atoms with E-state index in [4.69, 9.17) is 4.18 Å². The Labute approximate surface area is 240 Å². The van der Waals surface area contributed by atoms with E-state index in [1.807, 2.05) is 0 Å². The quantitative estimate of drug-likeness (QED) is 0.0533. The van der Waals surface area contributed by atoms with Crippen LogP contribution in [0.5, 0.6) is 0 Å². The van der Waals surface area contributed by atoms with Gasteiger partial charge in [0.25, 0.3) is 10.1 Å². The summed E-state index contributed by atoms with van der Waals surface area (Å²) in [5.41, 5.74) is 0. The van der Waals surface area contributed by atoms with E-state index in [0.29, 0.717) is 6.61 Å². The Balaban J connectivity index is 0. The van der Waals surface area contributed by atoms with Gasteiger partial charge in [-0.3, -0.25) is 4.18 Å². The fourth-order valence-corrected chi connectivity index (χ4v) is 5.89. The van der Waals surface area contributed by atoms with Crippen molar-refractivity contribution in [1.29, 1.82) is 0 Å². The Bertz CT molecular complexity index is 496. The van der Waals surface area contributed by atoms with E-state index >= 15 is 0 Å². The molecule has 0 bridgehead atoms. The first-order chi connectivity index (χ1) is 17.1. The van der Waals surface area contributed by atoms with Crippen molar-refractivity contribution in [2.75, 3.05) is 12.4 Å². The van der Waals surface area contributed by atoms with Gasteiger partial charge in [0.2, 0.25) is 0 Å². The van der Waals surface area contributed by atoms with Gasteiger partial charge in [-0.2, -0.15) is 8.42 Å². The van der Waals surface area contributed by atoms with Gasteiger partial charge in [-0.1, -0.05) is 174 Å². The Hall–Kier alpha value is 0.507. The molecule has 0 radical (unpaired) electrons. The summed E-state index contributed by atoms with van der Waals surface area (Å²) in [6.45, 7) is 4.89. The summed E-state index contributed by atoms with van der Waals surface area (Å²) in [4.78, 5) is 0. The molecule has 0 aliphatic carbocycles. The summed E-state index contributed by atoms with van der Waals surface area (Å²) in [6, 6.07) is 0. The molecule has 0 spiro atoms. The van der Waals surface area contributed by atoms with E-state index in [0.717, 1.165) is 32.1 Å². The molecule has 36 heavy (non-hydrogen) atoms. The summed E-state index contributed by atoms with van der Waals surface area (Å²) in [7, 11) is -3.31. The van der Waals surface area contributed by atoms with Crippen molar-refractivity contribution in [2.45, 2.75) is 187 Å². The molecule has 0 heterocycles. The Morgan fingerprint density at radius 3 is 0.944 bits per heavy atom. The second kappa shape index (κ2) is 31.7. The molecular formula is C31H65LiO3S. The predicted octanol–water partition coefficient (Wildman–Crippen LogP) is 10.3. The van der Waals surface area contributed by atoms with E-state index in [1.165, 1.54) is 141 Å². The predicted molar refractivity (Wildman–Crippen MR) is 163 cm³/mol. The number of rotatable bonds is 30. The molecule has 0 unspecified atom stereocenters. The summed E-state index contributed by atoms with van der Waals surface area (Å²) in [5.74, 6) is 0.196. The van der Waals surface area contributed by atoms with Gasteiger partial charge in [-0.05, 0) is 12.8 Å². The van der Waals surface area contributed by atoms with Gasteiger partial charge in [-0.15, -0.1) is 0 Å². The van der Waals surface area contributed by atoms with Crippen LogP contribution in [0.15, 0.2) is 0 Å². The first kappa shape index (κ1) is 38.7. The molecule has 3 nitrogen and oxygen atoms in total. The Morgan fingerprint density at radius 2 is 0.639 bits per heavy atom. The van der Waals surface area contributed by atoms with Gasteiger partial charge >= 0.3 is 18.9 Å². The second-order valence-corrected chi connectivity index (χ2v) is 12.7. The Kier molecular flexibility index (Phi) is 34.1. The molecule has 0 atom stereocenters. The van der Waals surface area contributed by atoms with Gasteiger partial charge in [-0.25, -0.2) is 0 Å². The van der Waals surface area contributed by atoms with Crippen molar-refractivity contribution < 1.29 is 12.6 Å². The SMILES string of the molecule is CCCCCCCCCCCCCCCCCCCCCOS(=O)(=O)CCCCCCCCCC.[LiH]. The first-order valence-corrected chi connectivity index (χ1v) is 17.6. The van der Waals surface area contributed by atoms with Crippen molar-refractivity contribution in [1.82, 2.24) is 0 Å². The van der Waals surface area contributed by atoms with Crippen molar-refractivity contribution in [3.05, 3.63) is 0 Å². The van der Waals surface area contributed by atoms with Crippen LogP contribution in [-0.4, -0.2) is 39.6 Å². The zero-order valence-electron chi connectivity index (χ0n) is 24.1. The van der Waals surface area contributed by atoms with Gasteiger partial charge in [0.15, 0.2) is 0 Å². The normalized spacial score (nSPS) is 11.6. The molecule has 0 aliphatic rings. The molecule has 0 amide bonds. The van der Waals surface area contributed by atoms with Gasteiger partial charge < -0.3 is 0 Å². The van der Waals surface area contributed by atoms with Gasteiger partial charge in [0.05, 0.1) is 12.4 Å². The average Bonchev–Trinajstić information content (AvgIpc) is 2.84. The maximum absolute atomic E-state index is 12.0. The third-order valence-corrected chi connectivity index (χ3v) is 8.57. The standard InChI is InChI=1S/C31H64O3S.Li.H/c1-3-5-7-9-11-13-14-15-16-17-18-19-20-21-22-23-24-26-28-30-34-35(32,33)31-29-27-25-12-10-8-6-4-2;;/h3-31H2,1-2H3;;. The van der Waals surface area contributed by atoms with E-state index < -0.39 is 10.1 Å². The van der Waals surface area contributed by atoms with Crippen LogP contribution in [0.2, 0.25) is 0 Å². The second-order valence-electron chi connectivity index (χ2n) is 10.9. The fourth-order valence-electron chi connectivity index (χ4n) is 4.84. The number of hydrogen-bond donors (Lipinski definition) is 0. The van der Waals surface area contributed by atoms with E-state index in [1.54, 1.807) is 0 Å². The van der Waals surface area contributed by atoms with E-state index in [2.05, 4.69) is 13.8 Å². The Morgan fingerprint density at radius 1 is 0.389 bits per heavy atom. The van der Waals surface area contributed by atoms with E-state index in [-0.39, 0.29) is 24.6 Å². The molecule has 0 aromatic carbocycles. The van der Waals surface area contributed by atoms with Gasteiger partial charge in [0, 0.05) is 0 Å². The third-order valence-electron chi connectivity index (χ3n) is 7.26. The monoisotopic (exact) mass is 524 g/mol. The molecule has 214 valence electrons. The van der Waals surface area contributed by atoms with Crippen LogP contribution in [-0.2, 0) is 14.3 Å². The van der Waals surface area contributed by atoms with Crippen LogP contribution >= 0.6 is 0 Å². The zero-order valence-corrected chi connectivity index (χ0v) is 25.0. The molecule has 5 heteroatoms. The third kappa shape index (κ3) is 32.5. The minimum absolute atomic E-state index is 0. The topological polar surface area (TPSA) is 43.4 Å². The molecule has 0 aromatic rings. The van der Waals surface area contributed by atoms with Crippen LogP contribution in [0, 0.1) is 0 Å². The van der Waals surface area contributed by atoms with Crippen molar-refractivity contribution in [2.24, 2.45) is 0 Å². The van der Waals surface area contributed by atoms with Crippen LogP contribution in [0.1, 0.15) is 187 Å². The van der Waals surface area contributed by atoms with Crippen molar-refractivity contribution >= 4 is 29.0 Å². The molecular weight excluding hydrogens is 459 g/mol. The van der Waals surface area contributed by atoms with Crippen molar-refractivity contribution in [3.63, 3.8) is 0 Å².